The first-order valence-electron chi connectivity index (χ1n) is 6.82. The molecule has 1 aliphatic heterocycles. The maximum absolute atomic E-state index is 11.8. The molecule has 0 radical (unpaired) electrons. The lowest BCUT2D eigenvalue weighted by molar-refractivity contribution is -0.132. The topological polar surface area (TPSA) is 41.6 Å². The summed E-state index contributed by atoms with van der Waals surface area (Å²) in [5.41, 5.74) is 2.37. The van der Waals surface area contributed by atoms with Crippen LogP contribution in [0.1, 0.15) is 31.0 Å². The van der Waals surface area contributed by atoms with E-state index in [1.165, 1.54) is 5.56 Å². The van der Waals surface area contributed by atoms with Gasteiger partial charge in [-0.2, -0.15) is 0 Å². The number of ether oxygens (including phenoxy) is 1. The Balaban J connectivity index is 2.39. The number of rotatable bonds is 3. The van der Waals surface area contributed by atoms with Crippen LogP contribution >= 0.6 is 0 Å². The van der Waals surface area contributed by atoms with Crippen LogP contribution in [0.2, 0.25) is 0 Å². The quantitative estimate of drug-likeness (QED) is 0.902. The largest absolute Gasteiger partial charge is 0.496 e. The number of nitrogens with one attached hydrogen (secondary N) is 1. The summed E-state index contributed by atoms with van der Waals surface area (Å²) < 4.78 is 5.46. The summed E-state index contributed by atoms with van der Waals surface area (Å²) in [5.74, 6) is 0.979. The fourth-order valence-electron chi connectivity index (χ4n) is 2.62. The van der Waals surface area contributed by atoms with Gasteiger partial charge in [-0.1, -0.05) is 13.0 Å². The van der Waals surface area contributed by atoms with Crippen LogP contribution in [0.3, 0.4) is 0 Å². The van der Waals surface area contributed by atoms with Crippen LogP contribution < -0.4 is 10.1 Å². The zero-order chi connectivity index (χ0) is 13.8. The molecule has 1 fully saturated rings. The Bertz CT molecular complexity index is 459. The lowest BCUT2D eigenvalue weighted by Crippen LogP contribution is -2.48. The highest BCUT2D eigenvalue weighted by molar-refractivity contribution is 5.74. The number of amides is 1. The first-order chi connectivity index (χ1) is 9.17. The molecule has 1 unspecified atom stereocenters. The third-order valence-electron chi connectivity index (χ3n) is 3.71. The number of carbonyl (C=O) groups excluding carboxylic acids is 1. The fourth-order valence-corrected chi connectivity index (χ4v) is 2.62. The van der Waals surface area contributed by atoms with E-state index in [0.717, 1.165) is 37.4 Å². The minimum absolute atomic E-state index is 0.0627. The number of hydrogen-bond acceptors (Lipinski definition) is 3. The predicted molar refractivity (Wildman–Crippen MR) is 75.4 cm³/mol. The number of methoxy groups -OCH3 is 1. The van der Waals surface area contributed by atoms with Gasteiger partial charge < -0.3 is 15.0 Å². The van der Waals surface area contributed by atoms with Crippen molar-refractivity contribution in [3.05, 3.63) is 29.3 Å². The van der Waals surface area contributed by atoms with Crippen molar-refractivity contribution in [1.29, 1.82) is 0 Å². The van der Waals surface area contributed by atoms with Gasteiger partial charge in [-0.25, -0.2) is 0 Å². The van der Waals surface area contributed by atoms with E-state index in [1.807, 2.05) is 11.0 Å². The first kappa shape index (κ1) is 13.9. The highest BCUT2D eigenvalue weighted by atomic mass is 16.5. The Morgan fingerprint density at radius 1 is 1.53 bits per heavy atom. The van der Waals surface area contributed by atoms with Crippen molar-refractivity contribution < 1.29 is 9.53 Å². The van der Waals surface area contributed by atoms with Crippen molar-refractivity contribution in [2.45, 2.75) is 26.3 Å². The molecule has 1 aromatic carbocycles. The third kappa shape index (κ3) is 2.89. The van der Waals surface area contributed by atoms with Crippen molar-refractivity contribution in [1.82, 2.24) is 10.2 Å². The molecule has 1 saturated heterocycles. The molecule has 1 N–H and O–H groups in total. The molecule has 4 nitrogen and oxygen atoms in total. The minimum atomic E-state index is 0.0627. The van der Waals surface area contributed by atoms with Crippen molar-refractivity contribution in [3.63, 3.8) is 0 Å². The summed E-state index contributed by atoms with van der Waals surface area (Å²) in [7, 11) is 1.68. The highest BCUT2D eigenvalue weighted by Gasteiger charge is 2.28. The SMILES string of the molecule is CCc1ccc(OC)c(C2CNCCN2C(C)=O)c1. The van der Waals surface area contributed by atoms with Crippen LogP contribution in [0.4, 0.5) is 0 Å². The van der Waals surface area contributed by atoms with Crippen molar-refractivity contribution in [3.8, 4) is 5.75 Å². The zero-order valence-electron chi connectivity index (χ0n) is 11.9. The summed E-state index contributed by atoms with van der Waals surface area (Å²) in [6, 6.07) is 6.30. The van der Waals surface area contributed by atoms with Crippen LogP contribution in [0, 0.1) is 0 Å². The molecule has 1 aliphatic rings. The number of piperazine rings is 1. The summed E-state index contributed by atoms with van der Waals surface area (Å²) in [6.07, 6.45) is 0.983. The number of benzene rings is 1. The summed E-state index contributed by atoms with van der Waals surface area (Å²) in [5, 5.41) is 3.36. The molecular formula is C15H22N2O2. The summed E-state index contributed by atoms with van der Waals surface area (Å²) in [6.45, 7) is 6.15. The van der Waals surface area contributed by atoms with Gasteiger partial charge in [-0.15, -0.1) is 0 Å². The van der Waals surface area contributed by atoms with Gasteiger partial charge in [-0.3, -0.25) is 4.79 Å². The monoisotopic (exact) mass is 262 g/mol. The summed E-state index contributed by atoms with van der Waals surface area (Å²) >= 11 is 0. The minimum Gasteiger partial charge on any atom is -0.496 e. The van der Waals surface area contributed by atoms with Gasteiger partial charge in [0.2, 0.25) is 5.91 Å². The Labute approximate surface area is 114 Å². The van der Waals surface area contributed by atoms with E-state index in [2.05, 4.69) is 24.4 Å². The molecular weight excluding hydrogens is 240 g/mol. The Hall–Kier alpha value is -1.55. The highest BCUT2D eigenvalue weighted by Crippen LogP contribution is 2.31. The molecule has 1 amide bonds. The molecule has 0 bridgehead atoms. The lowest BCUT2D eigenvalue weighted by atomic mass is 9.98. The van der Waals surface area contributed by atoms with Gasteiger partial charge in [-0.05, 0) is 24.1 Å². The maximum Gasteiger partial charge on any atom is 0.220 e. The van der Waals surface area contributed by atoms with Crippen molar-refractivity contribution in [2.24, 2.45) is 0 Å². The van der Waals surface area contributed by atoms with Crippen LogP contribution in [0.15, 0.2) is 18.2 Å². The number of nitrogens with zero attached hydrogens (tertiary/aromatic N) is 1. The van der Waals surface area contributed by atoms with E-state index in [9.17, 15) is 4.79 Å². The molecule has 19 heavy (non-hydrogen) atoms. The fraction of sp³-hybridized carbons (Fsp3) is 0.533. The normalized spacial score (nSPS) is 19.3. The first-order valence-corrected chi connectivity index (χ1v) is 6.82. The second-order valence-electron chi connectivity index (χ2n) is 4.86. The van der Waals surface area contributed by atoms with E-state index in [4.69, 9.17) is 4.74 Å². The Kier molecular flexibility index (Phi) is 4.43. The lowest BCUT2D eigenvalue weighted by Gasteiger charge is -2.36. The molecule has 1 heterocycles. The average Bonchev–Trinajstić information content (AvgIpc) is 2.46. The van der Waals surface area contributed by atoms with Crippen LogP contribution in [0.25, 0.3) is 0 Å². The van der Waals surface area contributed by atoms with E-state index < -0.39 is 0 Å². The van der Waals surface area contributed by atoms with Gasteiger partial charge in [0.05, 0.1) is 13.2 Å². The smallest absolute Gasteiger partial charge is 0.220 e. The van der Waals surface area contributed by atoms with Crippen LogP contribution in [-0.4, -0.2) is 37.6 Å². The molecule has 1 aromatic rings. The van der Waals surface area contributed by atoms with Crippen molar-refractivity contribution >= 4 is 5.91 Å². The van der Waals surface area contributed by atoms with Crippen molar-refractivity contribution in [2.75, 3.05) is 26.7 Å². The van der Waals surface area contributed by atoms with Gasteiger partial charge in [0.1, 0.15) is 5.75 Å². The van der Waals surface area contributed by atoms with E-state index in [0.29, 0.717) is 0 Å². The van der Waals surface area contributed by atoms with Crippen LogP contribution in [-0.2, 0) is 11.2 Å². The third-order valence-corrected chi connectivity index (χ3v) is 3.71. The molecule has 2 rings (SSSR count). The van der Waals surface area contributed by atoms with E-state index in [-0.39, 0.29) is 11.9 Å². The average molecular weight is 262 g/mol. The zero-order valence-corrected chi connectivity index (χ0v) is 11.9. The maximum atomic E-state index is 11.8. The Morgan fingerprint density at radius 3 is 2.95 bits per heavy atom. The van der Waals surface area contributed by atoms with Gasteiger partial charge in [0.25, 0.3) is 0 Å². The number of aryl methyl sites for hydroxylation is 1. The molecule has 4 heteroatoms. The predicted octanol–water partition coefficient (Wildman–Crippen LogP) is 1.75. The van der Waals surface area contributed by atoms with Gasteiger partial charge in [0.15, 0.2) is 0 Å². The Morgan fingerprint density at radius 2 is 2.32 bits per heavy atom. The molecule has 1 atom stereocenters. The molecule has 104 valence electrons. The molecule has 0 aliphatic carbocycles. The second-order valence-corrected chi connectivity index (χ2v) is 4.86. The standard InChI is InChI=1S/C15H22N2O2/c1-4-12-5-6-15(19-3)13(9-12)14-10-16-7-8-17(14)11(2)18/h5-6,9,14,16H,4,7-8,10H2,1-3H3. The molecule has 0 saturated carbocycles. The van der Waals surface area contributed by atoms with Gasteiger partial charge >= 0.3 is 0 Å². The van der Waals surface area contributed by atoms with Gasteiger partial charge in [0, 0.05) is 32.1 Å². The number of hydrogen-bond donors (Lipinski definition) is 1. The molecule has 0 aromatic heterocycles. The number of carbonyl (C=O) groups is 1. The van der Waals surface area contributed by atoms with E-state index in [1.54, 1.807) is 14.0 Å². The second kappa shape index (κ2) is 6.06. The van der Waals surface area contributed by atoms with Crippen LogP contribution in [0.5, 0.6) is 5.75 Å². The molecule has 0 spiro atoms. The summed E-state index contributed by atoms with van der Waals surface area (Å²) in [4.78, 5) is 13.7. The van der Waals surface area contributed by atoms with E-state index >= 15 is 0 Å².